The first kappa shape index (κ1) is 13.3. The van der Waals surface area contributed by atoms with E-state index in [0.717, 1.165) is 5.39 Å². The minimum Gasteiger partial charge on any atom is -0.590 e. The Morgan fingerprint density at radius 2 is 1.71 bits per heavy atom. The molecule has 1 atom stereocenters. The van der Waals surface area contributed by atoms with Gasteiger partial charge in [0.25, 0.3) is 0 Å². The number of hydrogen-bond donors (Lipinski definition) is 2. The fraction of sp³-hybridized carbons (Fsp3) is 0. The molecule has 2 aromatic rings. The van der Waals surface area contributed by atoms with E-state index in [1.54, 1.807) is 18.2 Å². The van der Waals surface area contributed by atoms with Gasteiger partial charge in [0.1, 0.15) is 0 Å². The number of thiophene rings is 1. The second kappa shape index (κ2) is 4.70. The van der Waals surface area contributed by atoms with E-state index in [2.05, 4.69) is 0 Å². The van der Waals surface area contributed by atoms with Crippen LogP contribution in [0.2, 0.25) is 0 Å². The fourth-order valence-electron chi connectivity index (χ4n) is 1.26. The summed E-state index contributed by atoms with van der Waals surface area (Å²) in [6.45, 7) is 0. The molecule has 1 aromatic carbocycles. The molecule has 1 heterocycles. The standard InChI is InChI=1S/C8H8N2OS.2ClH/c9-5-2-1-3-7-8(5)6(10)4-12(7)11;;/h1-4H,9-10H2;2*1H. The highest BCUT2D eigenvalue weighted by Gasteiger charge is 2.11. The molecule has 1 unspecified atom stereocenters. The van der Waals surface area contributed by atoms with Crippen molar-refractivity contribution in [2.24, 2.45) is 0 Å². The minimum atomic E-state index is -1.11. The average Bonchev–Trinajstić information content (AvgIpc) is 2.29. The summed E-state index contributed by atoms with van der Waals surface area (Å²) in [4.78, 5) is 0. The van der Waals surface area contributed by atoms with Crippen LogP contribution in [-0.2, 0) is 0 Å². The van der Waals surface area contributed by atoms with E-state index >= 15 is 0 Å². The molecule has 0 radical (unpaired) electrons. The first-order valence-corrected chi connectivity index (χ1v) is 4.68. The molecule has 0 aliphatic carbocycles. The third kappa shape index (κ3) is 1.88. The van der Waals surface area contributed by atoms with Crippen LogP contribution in [0.4, 0.5) is 11.4 Å². The molecule has 78 valence electrons. The van der Waals surface area contributed by atoms with Crippen LogP contribution in [0.5, 0.6) is 0 Å². The highest BCUT2D eigenvalue weighted by Crippen LogP contribution is 2.37. The van der Waals surface area contributed by atoms with Gasteiger partial charge in [0, 0.05) is 5.69 Å². The number of fused-ring (bicyclic) bond motifs is 1. The van der Waals surface area contributed by atoms with Crippen LogP contribution in [0, 0.1) is 0 Å². The molecule has 1 aromatic heterocycles. The smallest absolute Gasteiger partial charge is 0.183 e. The summed E-state index contributed by atoms with van der Waals surface area (Å²) in [5.74, 6) is 0. The van der Waals surface area contributed by atoms with E-state index in [9.17, 15) is 4.55 Å². The number of anilines is 2. The molecule has 0 aliphatic rings. The van der Waals surface area contributed by atoms with Crippen molar-refractivity contribution < 1.29 is 4.55 Å². The van der Waals surface area contributed by atoms with Crippen molar-refractivity contribution in [3.8, 4) is 0 Å². The summed E-state index contributed by atoms with van der Waals surface area (Å²) in [7, 11) is -1.11. The van der Waals surface area contributed by atoms with E-state index in [0.29, 0.717) is 16.1 Å². The topological polar surface area (TPSA) is 75.1 Å². The van der Waals surface area contributed by atoms with Gasteiger partial charge in [-0.25, -0.2) is 0 Å². The number of halogens is 2. The van der Waals surface area contributed by atoms with Crippen molar-refractivity contribution in [3.05, 3.63) is 23.6 Å². The van der Waals surface area contributed by atoms with E-state index < -0.39 is 10.8 Å². The van der Waals surface area contributed by atoms with E-state index in [4.69, 9.17) is 11.5 Å². The predicted molar refractivity (Wildman–Crippen MR) is 65.9 cm³/mol. The minimum absolute atomic E-state index is 0. The molecular weight excluding hydrogens is 243 g/mol. The van der Waals surface area contributed by atoms with Gasteiger partial charge in [-0.1, -0.05) is 6.07 Å². The molecule has 0 bridgehead atoms. The second-order valence-corrected chi connectivity index (χ2v) is 3.86. The summed E-state index contributed by atoms with van der Waals surface area (Å²) in [5.41, 5.74) is 12.4. The van der Waals surface area contributed by atoms with Gasteiger partial charge in [-0.2, -0.15) is 0 Å². The summed E-state index contributed by atoms with van der Waals surface area (Å²) in [5, 5.41) is 2.25. The molecule has 14 heavy (non-hydrogen) atoms. The molecule has 0 saturated carbocycles. The zero-order valence-corrected chi connectivity index (χ0v) is 9.55. The fourth-order valence-corrected chi connectivity index (χ4v) is 2.39. The van der Waals surface area contributed by atoms with Crippen LogP contribution in [0.3, 0.4) is 0 Å². The SMILES string of the molecule is Cl.Cl.Nc1cccc2c1c(N)c[s+]2[O-]. The van der Waals surface area contributed by atoms with Crippen molar-refractivity contribution in [1.82, 2.24) is 0 Å². The first-order valence-electron chi connectivity index (χ1n) is 3.47. The molecule has 0 spiro atoms. The van der Waals surface area contributed by atoms with Gasteiger partial charge in [0.05, 0.1) is 11.1 Å². The average molecular weight is 253 g/mol. The highest BCUT2D eigenvalue weighted by atomic mass is 35.5. The van der Waals surface area contributed by atoms with Crippen molar-refractivity contribution >= 4 is 57.0 Å². The molecule has 0 aliphatic heterocycles. The van der Waals surface area contributed by atoms with Gasteiger partial charge in [-0.05, 0) is 22.9 Å². The van der Waals surface area contributed by atoms with E-state index in [-0.39, 0.29) is 24.8 Å². The van der Waals surface area contributed by atoms with Gasteiger partial charge >= 0.3 is 0 Å². The molecule has 0 amide bonds. The van der Waals surface area contributed by atoms with Crippen molar-refractivity contribution in [3.63, 3.8) is 0 Å². The largest absolute Gasteiger partial charge is 0.590 e. The zero-order chi connectivity index (χ0) is 8.72. The lowest BCUT2D eigenvalue weighted by Crippen LogP contribution is -1.87. The maximum atomic E-state index is 11.3. The second-order valence-electron chi connectivity index (χ2n) is 2.59. The Morgan fingerprint density at radius 3 is 2.29 bits per heavy atom. The summed E-state index contributed by atoms with van der Waals surface area (Å²) >= 11 is 0. The number of rotatable bonds is 0. The van der Waals surface area contributed by atoms with Crippen LogP contribution < -0.4 is 11.5 Å². The third-order valence-electron chi connectivity index (χ3n) is 1.80. The predicted octanol–water partition coefficient (Wildman–Crippen LogP) is 2.58. The summed E-state index contributed by atoms with van der Waals surface area (Å²) < 4.78 is 12.0. The first-order chi connectivity index (χ1) is 5.70. The number of nitrogens with two attached hydrogens (primary N) is 2. The number of hydrogen-bond acceptors (Lipinski definition) is 3. The van der Waals surface area contributed by atoms with E-state index in [1.807, 2.05) is 0 Å². The molecule has 3 nitrogen and oxygen atoms in total. The molecular formula is C8H10Cl2N2OS. The Kier molecular flexibility index (Phi) is 4.48. The van der Waals surface area contributed by atoms with Crippen molar-refractivity contribution in [1.29, 1.82) is 0 Å². The Balaban J connectivity index is 0.000000845. The Bertz CT molecular complexity index is 444. The number of benzene rings is 1. The maximum absolute atomic E-state index is 11.3. The monoisotopic (exact) mass is 252 g/mol. The van der Waals surface area contributed by atoms with Gasteiger partial charge < -0.3 is 16.0 Å². The third-order valence-corrected chi connectivity index (χ3v) is 3.04. The van der Waals surface area contributed by atoms with Crippen LogP contribution in [0.1, 0.15) is 0 Å². The van der Waals surface area contributed by atoms with Crippen molar-refractivity contribution in [2.75, 3.05) is 11.5 Å². The molecule has 0 saturated heterocycles. The van der Waals surface area contributed by atoms with Gasteiger partial charge in [0.15, 0.2) is 10.1 Å². The lowest BCUT2D eigenvalue weighted by atomic mass is 10.2. The quantitative estimate of drug-likeness (QED) is 0.559. The van der Waals surface area contributed by atoms with Gasteiger partial charge in [-0.15, -0.1) is 24.8 Å². The highest BCUT2D eigenvalue weighted by molar-refractivity contribution is 7.30. The van der Waals surface area contributed by atoms with Crippen molar-refractivity contribution in [2.45, 2.75) is 0 Å². The van der Waals surface area contributed by atoms with Gasteiger partial charge in [-0.3, -0.25) is 0 Å². The molecule has 6 heteroatoms. The van der Waals surface area contributed by atoms with Crippen LogP contribution in [0.15, 0.2) is 23.6 Å². The van der Waals surface area contributed by atoms with E-state index in [1.165, 1.54) is 5.38 Å². The van der Waals surface area contributed by atoms with Crippen LogP contribution in [0.25, 0.3) is 10.1 Å². The van der Waals surface area contributed by atoms with Crippen LogP contribution in [-0.4, -0.2) is 4.55 Å². The lowest BCUT2D eigenvalue weighted by Gasteiger charge is -1.93. The van der Waals surface area contributed by atoms with Crippen LogP contribution >= 0.6 is 35.6 Å². The summed E-state index contributed by atoms with van der Waals surface area (Å²) in [6.07, 6.45) is 0. The Hall–Kier alpha value is -0.680. The summed E-state index contributed by atoms with van der Waals surface area (Å²) in [6, 6.07) is 5.30. The Morgan fingerprint density at radius 1 is 1.07 bits per heavy atom. The molecule has 2 rings (SSSR count). The molecule has 4 N–H and O–H groups in total. The lowest BCUT2D eigenvalue weighted by molar-refractivity contribution is 0.600. The number of nitrogen functional groups attached to an aromatic ring is 2. The normalized spacial score (nSPS) is 10.5. The zero-order valence-electron chi connectivity index (χ0n) is 7.10. The Labute approximate surface area is 96.7 Å². The maximum Gasteiger partial charge on any atom is 0.183 e. The van der Waals surface area contributed by atoms with Gasteiger partial charge in [0.2, 0.25) is 0 Å². The molecule has 0 fully saturated rings.